The van der Waals surface area contributed by atoms with Crippen molar-refractivity contribution in [3.8, 4) is 0 Å². The molecule has 3 N–H and O–H groups in total. The molecule has 0 bridgehead atoms. The summed E-state index contributed by atoms with van der Waals surface area (Å²) in [5, 5.41) is 8.78. The largest absolute Gasteiger partial charge is 0.481 e. The quantitative estimate of drug-likeness (QED) is 0.579. The van der Waals surface area contributed by atoms with Crippen LogP contribution in [0.2, 0.25) is 0 Å². The normalized spacial score (nSPS) is 17.6. The molecule has 1 fully saturated rings. The standard InChI is InChI=1S/C7H12N2O6S/c1-15-6(12)9-16(13,14)8-4-7(2-3-7)5(10)11/h8H,2-4H2,1H3,(H,9,12)(H,10,11). The van der Waals surface area contributed by atoms with Gasteiger partial charge in [0.2, 0.25) is 0 Å². The Morgan fingerprint density at radius 2 is 2.00 bits per heavy atom. The van der Waals surface area contributed by atoms with Crippen LogP contribution in [0.25, 0.3) is 0 Å². The Morgan fingerprint density at radius 1 is 1.44 bits per heavy atom. The Balaban J connectivity index is 2.49. The summed E-state index contributed by atoms with van der Waals surface area (Å²) in [6.07, 6.45) is -0.292. The molecule has 1 amide bonds. The topological polar surface area (TPSA) is 122 Å². The Morgan fingerprint density at radius 3 is 2.38 bits per heavy atom. The Bertz CT molecular complexity index is 399. The highest BCUT2D eigenvalue weighted by Gasteiger charge is 2.50. The van der Waals surface area contributed by atoms with Gasteiger partial charge in [0.05, 0.1) is 12.5 Å². The third kappa shape index (κ3) is 3.07. The number of nitrogens with one attached hydrogen (secondary N) is 2. The number of carbonyl (C=O) groups is 2. The predicted molar refractivity (Wildman–Crippen MR) is 51.8 cm³/mol. The van der Waals surface area contributed by atoms with Crippen molar-refractivity contribution in [2.75, 3.05) is 13.7 Å². The molecule has 8 nitrogen and oxygen atoms in total. The molecule has 92 valence electrons. The van der Waals surface area contributed by atoms with Gasteiger partial charge in [0.15, 0.2) is 0 Å². The van der Waals surface area contributed by atoms with E-state index >= 15 is 0 Å². The molecule has 1 saturated carbocycles. The van der Waals surface area contributed by atoms with E-state index in [9.17, 15) is 18.0 Å². The van der Waals surface area contributed by atoms with E-state index in [0.29, 0.717) is 12.8 Å². The molecule has 0 aromatic heterocycles. The molecular formula is C7H12N2O6S. The number of aliphatic carboxylic acids is 1. The fourth-order valence-corrected chi connectivity index (χ4v) is 1.88. The van der Waals surface area contributed by atoms with Gasteiger partial charge < -0.3 is 9.84 Å². The van der Waals surface area contributed by atoms with E-state index in [-0.39, 0.29) is 6.54 Å². The second-order valence-corrected chi connectivity index (χ2v) is 5.00. The zero-order chi connectivity index (χ0) is 12.4. The van der Waals surface area contributed by atoms with Crippen LogP contribution in [0.4, 0.5) is 4.79 Å². The minimum Gasteiger partial charge on any atom is -0.481 e. The highest BCUT2D eigenvalue weighted by atomic mass is 32.2. The molecular weight excluding hydrogens is 240 g/mol. The van der Waals surface area contributed by atoms with Gasteiger partial charge in [0.1, 0.15) is 0 Å². The van der Waals surface area contributed by atoms with Crippen LogP contribution in [0.5, 0.6) is 0 Å². The minimum atomic E-state index is -4.06. The third-order valence-corrected chi connectivity index (χ3v) is 3.27. The number of rotatable bonds is 5. The molecule has 1 aliphatic carbocycles. The summed E-state index contributed by atoms with van der Waals surface area (Å²) in [7, 11) is -3.04. The first-order valence-corrected chi connectivity index (χ1v) is 5.88. The zero-order valence-electron chi connectivity index (χ0n) is 8.52. The number of carbonyl (C=O) groups excluding carboxylic acids is 1. The molecule has 1 aliphatic rings. The van der Waals surface area contributed by atoms with Crippen molar-refractivity contribution in [3.63, 3.8) is 0 Å². The van der Waals surface area contributed by atoms with Gasteiger partial charge in [0, 0.05) is 6.54 Å². The minimum absolute atomic E-state index is 0.241. The maximum Gasteiger partial charge on any atom is 0.421 e. The van der Waals surface area contributed by atoms with E-state index in [4.69, 9.17) is 5.11 Å². The third-order valence-electron chi connectivity index (χ3n) is 2.31. The molecule has 0 aliphatic heterocycles. The van der Waals surface area contributed by atoms with E-state index in [0.717, 1.165) is 7.11 Å². The molecule has 0 saturated heterocycles. The number of ether oxygens (including phenoxy) is 1. The first-order chi connectivity index (χ1) is 7.31. The Labute approximate surface area is 92.1 Å². The fraction of sp³-hybridized carbons (Fsp3) is 0.714. The van der Waals surface area contributed by atoms with Gasteiger partial charge in [-0.2, -0.15) is 13.1 Å². The molecule has 0 unspecified atom stereocenters. The Hall–Kier alpha value is -1.35. The molecule has 0 aromatic carbocycles. The lowest BCUT2D eigenvalue weighted by atomic mass is 10.1. The van der Waals surface area contributed by atoms with Crippen molar-refractivity contribution in [3.05, 3.63) is 0 Å². The van der Waals surface area contributed by atoms with E-state index < -0.39 is 27.7 Å². The fourth-order valence-electron chi connectivity index (χ4n) is 1.04. The maximum atomic E-state index is 11.2. The van der Waals surface area contributed by atoms with Gasteiger partial charge in [0.25, 0.3) is 0 Å². The number of carboxylic acids is 1. The van der Waals surface area contributed by atoms with E-state index in [1.807, 2.05) is 4.72 Å². The SMILES string of the molecule is COC(=O)NS(=O)(=O)NCC1(C(=O)O)CC1. The van der Waals surface area contributed by atoms with Crippen molar-refractivity contribution < 1.29 is 27.9 Å². The van der Waals surface area contributed by atoms with Crippen LogP contribution in [-0.2, 0) is 19.7 Å². The average Bonchev–Trinajstić information content (AvgIpc) is 2.95. The van der Waals surface area contributed by atoms with Crippen LogP contribution in [-0.4, -0.2) is 39.2 Å². The zero-order valence-corrected chi connectivity index (χ0v) is 9.33. The molecule has 9 heteroatoms. The molecule has 0 heterocycles. The monoisotopic (exact) mass is 252 g/mol. The Kier molecular flexibility index (Phi) is 3.38. The first-order valence-electron chi connectivity index (χ1n) is 4.40. The van der Waals surface area contributed by atoms with Gasteiger partial charge in [-0.1, -0.05) is 0 Å². The van der Waals surface area contributed by atoms with Crippen LogP contribution in [0, 0.1) is 5.41 Å². The highest BCUT2D eigenvalue weighted by Crippen LogP contribution is 2.45. The van der Waals surface area contributed by atoms with E-state index in [1.165, 1.54) is 0 Å². The van der Waals surface area contributed by atoms with E-state index in [1.54, 1.807) is 4.72 Å². The van der Waals surface area contributed by atoms with E-state index in [2.05, 4.69) is 4.74 Å². The number of carboxylic acid groups (broad SMARTS) is 1. The summed E-state index contributed by atoms with van der Waals surface area (Å²) in [4.78, 5) is 21.4. The molecule has 0 spiro atoms. The van der Waals surface area contributed by atoms with Crippen LogP contribution in [0.3, 0.4) is 0 Å². The summed E-state index contributed by atoms with van der Waals surface area (Å²) in [5.41, 5.74) is -1.02. The molecule has 0 aromatic rings. The second kappa shape index (κ2) is 4.26. The number of hydrogen-bond acceptors (Lipinski definition) is 5. The smallest absolute Gasteiger partial charge is 0.421 e. The summed E-state index contributed by atoms with van der Waals surface area (Å²) in [6, 6.07) is 0. The van der Waals surface area contributed by atoms with Crippen LogP contribution < -0.4 is 9.44 Å². The van der Waals surface area contributed by atoms with Crippen molar-refractivity contribution in [2.24, 2.45) is 5.41 Å². The van der Waals surface area contributed by atoms with Gasteiger partial charge in [-0.25, -0.2) is 9.52 Å². The van der Waals surface area contributed by atoms with Gasteiger partial charge >= 0.3 is 22.3 Å². The molecule has 1 rings (SSSR count). The summed E-state index contributed by atoms with van der Waals surface area (Å²) in [5.74, 6) is -1.05. The van der Waals surface area contributed by atoms with Crippen molar-refractivity contribution in [1.29, 1.82) is 0 Å². The second-order valence-electron chi connectivity index (χ2n) is 3.50. The predicted octanol–water partition coefficient (Wildman–Crippen LogP) is -0.958. The number of amides is 1. The van der Waals surface area contributed by atoms with Crippen LogP contribution in [0.15, 0.2) is 0 Å². The first kappa shape index (κ1) is 12.7. The maximum absolute atomic E-state index is 11.2. The average molecular weight is 252 g/mol. The summed E-state index contributed by atoms with van der Waals surface area (Å²) < 4.78 is 30.0. The molecule has 0 atom stereocenters. The van der Waals surface area contributed by atoms with Crippen LogP contribution >= 0.6 is 0 Å². The highest BCUT2D eigenvalue weighted by molar-refractivity contribution is 7.88. The summed E-state index contributed by atoms with van der Waals surface area (Å²) in [6.45, 7) is -0.241. The lowest BCUT2D eigenvalue weighted by molar-refractivity contribution is -0.143. The number of methoxy groups -OCH3 is 1. The van der Waals surface area contributed by atoms with Crippen molar-refractivity contribution >= 4 is 22.3 Å². The van der Waals surface area contributed by atoms with Gasteiger partial charge in [-0.05, 0) is 12.8 Å². The van der Waals surface area contributed by atoms with Crippen molar-refractivity contribution in [1.82, 2.24) is 9.44 Å². The molecule has 16 heavy (non-hydrogen) atoms. The number of hydrogen-bond donors (Lipinski definition) is 3. The van der Waals surface area contributed by atoms with Gasteiger partial charge in [-0.15, -0.1) is 0 Å². The lowest BCUT2D eigenvalue weighted by Gasteiger charge is -2.11. The van der Waals surface area contributed by atoms with Gasteiger partial charge in [-0.3, -0.25) is 4.79 Å². The van der Waals surface area contributed by atoms with Crippen molar-refractivity contribution in [2.45, 2.75) is 12.8 Å². The van der Waals surface area contributed by atoms with Crippen LogP contribution in [0.1, 0.15) is 12.8 Å². The summed E-state index contributed by atoms with van der Waals surface area (Å²) >= 11 is 0. The lowest BCUT2D eigenvalue weighted by Crippen LogP contribution is -2.43. The molecule has 0 radical (unpaired) electrons.